The average molecular weight is 367 g/mol. The van der Waals surface area contributed by atoms with E-state index in [2.05, 4.69) is 20.7 Å². The lowest BCUT2D eigenvalue weighted by atomic mass is 9.65. The highest BCUT2D eigenvalue weighted by atomic mass is 79.9. The first-order chi connectivity index (χ1) is 9.05. The smallest absolute Gasteiger partial charge is 0.242 e. The molecule has 0 aromatic heterocycles. The molecule has 1 aromatic rings. The topological polar surface area (TPSA) is 92.4 Å². The number of anilines is 1. The lowest BCUT2D eigenvalue weighted by Crippen LogP contribution is -2.61. The third-order valence-corrected chi connectivity index (χ3v) is 5.99. The van der Waals surface area contributed by atoms with Crippen molar-refractivity contribution in [3.8, 4) is 0 Å². The number of nitrogens with two attached hydrogens (primary N) is 1. The number of hydrogen-bond acceptors (Lipinski definition) is 4. The zero-order chi connectivity index (χ0) is 15.3. The molecule has 2 atom stereocenters. The number of hydrogen-bond donors (Lipinski definition) is 3. The Bertz CT molecular complexity index is 648. The molecule has 0 amide bonds. The molecule has 112 valence electrons. The SMILES string of the molecule is CC1(C)C(O)CC1NS(=O)(=O)c1cc(Br)c(F)cc1N. The van der Waals surface area contributed by atoms with Crippen molar-refractivity contribution in [3.63, 3.8) is 0 Å². The quantitative estimate of drug-likeness (QED) is 0.708. The van der Waals surface area contributed by atoms with Crippen LogP contribution < -0.4 is 10.5 Å². The Labute approximate surface area is 125 Å². The summed E-state index contributed by atoms with van der Waals surface area (Å²) in [4.78, 5) is -0.178. The maximum atomic E-state index is 13.3. The summed E-state index contributed by atoms with van der Waals surface area (Å²) in [7, 11) is -3.87. The maximum Gasteiger partial charge on any atom is 0.242 e. The molecule has 1 aliphatic carbocycles. The van der Waals surface area contributed by atoms with Gasteiger partial charge < -0.3 is 10.8 Å². The van der Waals surface area contributed by atoms with Gasteiger partial charge in [-0.15, -0.1) is 0 Å². The number of nitrogens with one attached hydrogen (secondary N) is 1. The number of sulfonamides is 1. The maximum absolute atomic E-state index is 13.3. The Morgan fingerprint density at radius 3 is 2.60 bits per heavy atom. The van der Waals surface area contributed by atoms with Crippen LogP contribution in [0.15, 0.2) is 21.5 Å². The van der Waals surface area contributed by atoms with Crippen LogP contribution in [-0.4, -0.2) is 25.7 Å². The van der Waals surface area contributed by atoms with Crippen molar-refractivity contribution in [3.05, 3.63) is 22.4 Å². The van der Waals surface area contributed by atoms with Crippen molar-refractivity contribution in [2.24, 2.45) is 5.41 Å². The van der Waals surface area contributed by atoms with Gasteiger partial charge in [-0.25, -0.2) is 17.5 Å². The first-order valence-electron chi connectivity index (χ1n) is 6.00. The van der Waals surface area contributed by atoms with Crippen molar-refractivity contribution in [1.82, 2.24) is 4.72 Å². The van der Waals surface area contributed by atoms with Gasteiger partial charge in [0.2, 0.25) is 10.0 Å². The number of halogens is 2. The zero-order valence-corrected chi connectivity index (χ0v) is 13.4. The van der Waals surface area contributed by atoms with Crippen LogP contribution in [0.4, 0.5) is 10.1 Å². The summed E-state index contributed by atoms with van der Waals surface area (Å²) in [5, 5.41) is 9.63. The van der Waals surface area contributed by atoms with E-state index in [1.807, 2.05) is 0 Å². The molecule has 2 unspecified atom stereocenters. The third-order valence-electron chi connectivity index (χ3n) is 3.86. The Morgan fingerprint density at radius 1 is 1.50 bits per heavy atom. The van der Waals surface area contributed by atoms with E-state index in [0.717, 1.165) is 12.1 Å². The minimum atomic E-state index is -3.87. The van der Waals surface area contributed by atoms with Gasteiger partial charge >= 0.3 is 0 Å². The first kappa shape index (κ1) is 15.7. The number of rotatable bonds is 3. The molecule has 5 nitrogen and oxygen atoms in total. The number of aliphatic hydroxyl groups excluding tert-OH is 1. The first-order valence-corrected chi connectivity index (χ1v) is 8.28. The van der Waals surface area contributed by atoms with Gasteiger partial charge in [0.25, 0.3) is 0 Å². The minimum absolute atomic E-state index is 0.0278. The highest BCUT2D eigenvalue weighted by molar-refractivity contribution is 9.10. The molecule has 8 heteroatoms. The second-order valence-electron chi connectivity index (χ2n) is 5.55. The van der Waals surface area contributed by atoms with E-state index in [1.54, 1.807) is 13.8 Å². The van der Waals surface area contributed by atoms with E-state index in [4.69, 9.17) is 5.73 Å². The van der Waals surface area contributed by atoms with Gasteiger partial charge in [0.15, 0.2) is 0 Å². The van der Waals surface area contributed by atoms with Gasteiger partial charge in [-0.2, -0.15) is 0 Å². The van der Waals surface area contributed by atoms with E-state index in [0.29, 0.717) is 6.42 Å². The molecular formula is C12H16BrFN2O3S. The highest BCUT2D eigenvalue weighted by Gasteiger charge is 2.49. The van der Waals surface area contributed by atoms with Gasteiger partial charge in [0, 0.05) is 11.5 Å². The molecule has 0 spiro atoms. The largest absolute Gasteiger partial charge is 0.398 e. The summed E-state index contributed by atoms with van der Waals surface area (Å²) in [5.74, 6) is -0.624. The molecule has 0 saturated heterocycles. The van der Waals surface area contributed by atoms with Crippen LogP contribution in [0, 0.1) is 11.2 Å². The molecule has 1 aromatic carbocycles. The summed E-state index contributed by atoms with van der Waals surface area (Å²) in [6.07, 6.45) is -0.207. The summed E-state index contributed by atoms with van der Waals surface area (Å²) >= 11 is 2.94. The van der Waals surface area contributed by atoms with Gasteiger partial charge in [0.1, 0.15) is 10.7 Å². The average Bonchev–Trinajstić information content (AvgIpc) is 2.33. The molecule has 1 fully saturated rings. The summed E-state index contributed by atoms with van der Waals surface area (Å²) in [5.41, 5.74) is 4.88. The minimum Gasteiger partial charge on any atom is -0.398 e. The van der Waals surface area contributed by atoms with Crippen LogP contribution in [0.3, 0.4) is 0 Å². The van der Waals surface area contributed by atoms with Crippen LogP contribution in [0.1, 0.15) is 20.3 Å². The van der Waals surface area contributed by atoms with E-state index in [-0.39, 0.29) is 21.1 Å². The second kappa shape index (κ2) is 4.94. The van der Waals surface area contributed by atoms with Crippen LogP contribution in [0.2, 0.25) is 0 Å². The molecule has 0 radical (unpaired) electrons. The molecule has 4 N–H and O–H groups in total. The molecule has 0 aliphatic heterocycles. The molecule has 20 heavy (non-hydrogen) atoms. The van der Waals surface area contributed by atoms with E-state index < -0.39 is 27.4 Å². The Kier molecular flexibility index (Phi) is 3.87. The standard InChI is InChI=1S/C12H16BrFN2O3S/c1-12(2)10(5-11(12)17)16-20(18,19)9-3-6(13)7(14)4-8(9)15/h3-4,10-11,16-17H,5,15H2,1-2H3. The number of nitrogen functional groups attached to an aromatic ring is 1. The van der Waals surface area contributed by atoms with Crippen molar-refractivity contribution < 1.29 is 17.9 Å². The predicted octanol–water partition coefficient (Wildman–Crippen LogP) is 1.61. The molecule has 1 saturated carbocycles. The molecule has 2 rings (SSSR count). The fourth-order valence-electron chi connectivity index (χ4n) is 2.13. The summed E-state index contributed by atoms with van der Waals surface area (Å²) in [6, 6.07) is 1.71. The third kappa shape index (κ3) is 2.57. The molecular weight excluding hydrogens is 351 g/mol. The monoisotopic (exact) mass is 366 g/mol. The van der Waals surface area contributed by atoms with E-state index >= 15 is 0 Å². The van der Waals surface area contributed by atoms with Gasteiger partial charge in [0.05, 0.1) is 16.3 Å². The summed E-state index contributed by atoms with van der Waals surface area (Å²) in [6.45, 7) is 3.55. The Balaban J connectivity index is 2.31. The van der Waals surface area contributed by atoms with Crippen LogP contribution in [-0.2, 0) is 10.0 Å². The van der Waals surface area contributed by atoms with Crippen LogP contribution >= 0.6 is 15.9 Å². The number of benzene rings is 1. The zero-order valence-electron chi connectivity index (χ0n) is 11.0. The van der Waals surface area contributed by atoms with E-state index in [1.165, 1.54) is 0 Å². The van der Waals surface area contributed by atoms with Crippen LogP contribution in [0.25, 0.3) is 0 Å². The highest BCUT2D eigenvalue weighted by Crippen LogP contribution is 2.41. The van der Waals surface area contributed by atoms with E-state index in [9.17, 15) is 17.9 Å². The lowest BCUT2D eigenvalue weighted by molar-refractivity contribution is -0.0645. The summed E-state index contributed by atoms with van der Waals surface area (Å²) < 4.78 is 40.4. The van der Waals surface area contributed by atoms with Gasteiger partial charge in [-0.3, -0.25) is 0 Å². The molecule has 0 heterocycles. The van der Waals surface area contributed by atoms with Crippen LogP contribution in [0.5, 0.6) is 0 Å². The normalized spacial score (nSPS) is 25.2. The second-order valence-corrected chi connectivity index (χ2v) is 8.09. The van der Waals surface area contributed by atoms with Gasteiger partial charge in [-0.05, 0) is 34.5 Å². The van der Waals surface area contributed by atoms with Gasteiger partial charge in [-0.1, -0.05) is 13.8 Å². The predicted molar refractivity (Wildman–Crippen MR) is 77.0 cm³/mol. The van der Waals surface area contributed by atoms with Crippen molar-refractivity contribution in [2.75, 3.05) is 5.73 Å². The van der Waals surface area contributed by atoms with Crippen molar-refractivity contribution >= 4 is 31.6 Å². The fourth-order valence-corrected chi connectivity index (χ4v) is 4.17. The molecule has 1 aliphatic rings. The Morgan fingerprint density at radius 2 is 2.10 bits per heavy atom. The molecule has 0 bridgehead atoms. The van der Waals surface area contributed by atoms with Crippen molar-refractivity contribution in [2.45, 2.75) is 37.3 Å². The Hall–Kier alpha value is -0.700. The fraction of sp³-hybridized carbons (Fsp3) is 0.500. The lowest BCUT2D eigenvalue weighted by Gasteiger charge is -2.49. The van der Waals surface area contributed by atoms with Crippen molar-refractivity contribution in [1.29, 1.82) is 0 Å². The number of aliphatic hydroxyl groups is 1.